The van der Waals surface area contributed by atoms with Gasteiger partial charge in [-0.1, -0.05) is 6.07 Å². The Hall–Kier alpha value is -3.37. The van der Waals surface area contributed by atoms with Crippen molar-refractivity contribution in [2.24, 2.45) is 5.92 Å². The third kappa shape index (κ3) is 6.31. The summed E-state index contributed by atoms with van der Waals surface area (Å²) in [7, 11) is 0. The minimum absolute atomic E-state index is 0.0665. The Morgan fingerprint density at radius 3 is 2.51 bits per heavy atom. The van der Waals surface area contributed by atoms with E-state index in [-0.39, 0.29) is 17.7 Å². The fourth-order valence-electron chi connectivity index (χ4n) is 5.08. The summed E-state index contributed by atoms with van der Waals surface area (Å²) >= 11 is 1.70. The summed E-state index contributed by atoms with van der Waals surface area (Å²) in [6, 6.07) is 9.90. The van der Waals surface area contributed by atoms with Crippen molar-refractivity contribution in [1.82, 2.24) is 30.3 Å². The zero-order valence-electron chi connectivity index (χ0n) is 21.3. The second kappa shape index (κ2) is 11.4. The molecule has 2 amide bonds. The fourth-order valence-corrected chi connectivity index (χ4v) is 6.14. The lowest BCUT2D eigenvalue weighted by molar-refractivity contribution is -0.139. The van der Waals surface area contributed by atoms with Crippen LogP contribution in [0.3, 0.4) is 0 Å². The number of aryl methyl sites for hydroxylation is 1. The molecule has 3 aromatic heterocycles. The molecule has 0 spiro atoms. The van der Waals surface area contributed by atoms with Crippen LogP contribution in [0.2, 0.25) is 0 Å². The quantitative estimate of drug-likeness (QED) is 0.505. The SMILES string of the molecule is CC(=O)NN1CCN(C(=O)C2CCC(c3ncc(-c4cccc(Nc5cc(C)ccn5)n4)s3)CC2)CC1. The van der Waals surface area contributed by atoms with Gasteiger partial charge in [-0.05, 0) is 62.4 Å². The van der Waals surface area contributed by atoms with Crippen LogP contribution in [0.4, 0.5) is 11.6 Å². The molecule has 9 nitrogen and oxygen atoms in total. The molecule has 1 aliphatic carbocycles. The van der Waals surface area contributed by atoms with Crippen molar-refractivity contribution in [3.8, 4) is 10.6 Å². The number of pyridine rings is 2. The van der Waals surface area contributed by atoms with Gasteiger partial charge in [-0.3, -0.25) is 15.0 Å². The molecular formula is C27H33N7O2S. The molecule has 37 heavy (non-hydrogen) atoms. The van der Waals surface area contributed by atoms with Crippen LogP contribution in [0.5, 0.6) is 0 Å². The van der Waals surface area contributed by atoms with E-state index in [0.717, 1.165) is 58.5 Å². The summed E-state index contributed by atoms with van der Waals surface area (Å²) in [6.45, 7) is 6.22. The van der Waals surface area contributed by atoms with E-state index in [1.54, 1.807) is 17.5 Å². The van der Waals surface area contributed by atoms with E-state index in [9.17, 15) is 9.59 Å². The molecule has 2 fully saturated rings. The van der Waals surface area contributed by atoms with Crippen molar-refractivity contribution in [1.29, 1.82) is 0 Å². The van der Waals surface area contributed by atoms with E-state index in [4.69, 9.17) is 9.97 Å². The van der Waals surface area contributed by atoms with Crippen LogP contribution in [0.15, 0.2) is 42.7 Å². The Kier molecular flexibility index (Phi) is 7.76. The molecule has 2 N–H and O–H groups in total. The number of anilines is 2. The number of amides is 2. The van der Waals surface area contributed by atoms with Gasteiger partial charge in [0.25, 0.3) is 0 Å². The maximum absolute atomic E-state index is 13.1. The van der Waals surface area contributed by atoms with Gasteiger partial charge in [-0.25, -0.2) is 20.0 Å². The predicted octanol–water partition coefficient (Wildman–Crippen LogP) is 4.12. The van der Waals surface area contributed by atoms with E-state index >= 15 is 0 Å². The Morgan fingerprint density at radius 1 is 1.00 bits per heavy atom. The highest BCUT2D eigenvalue weighted by Crippen LogP contribution is 2.40. The molecule has 4 heterocycles. The first-order valence-electron chi connectivity index (χ1n) is 12.9. The Bertz CT molecular complexity index is 1250. The number of hydrogen-bond donors (Lipinski definition) is 2. The minimum Gasteiger partial charge on any atom is -0.340 e. The number of rotatable bonds is 6. The average Bonchev–Trinajstić information content (AvgIpc) is 3.39. The Labute approximate surface area is 221 Å². The largest absolute Gasteiger partial charge is 0.340 e. The summed E-state index contributed by atoms with van der Waals surface area (Å²) in [5.41, 5.74) is 4.85. The highest BCUT2D eigenvalue weighted by molar-refractivity contribution is 7.15. The molecule has 1 saturated carbocycles. The van der Waals surface area contributed by atoms with Gasteiger partial charge in [0.15, 0.2) is 0 Å². The summed E-state index contributed by atoms with van der Waals surface area (Å²) < 4.78 is 0. The van der Waals surface area contributed by atoms with E-state index in [2.05, 4.69) is 15.7 Å². The zero-order chi connectivity index (χ0) is 25.8. The molecular weight excluding hydrogens is 486 g/mol. The summed E-state index contributed by atoms with van der Waals surface area (Å²) in [4.78, 5) is 41.2. The molecule has 5 rings (SSSR count). The van der Waals surface area contributed by atoms with Crippen LogP contribution >= 0.6 is 11.3 Å². The number of thiazole rings is 1. The van der Waals surface area contributed by atoms with Gasteiger partial charge in [0.2, 0.25) is 11.8 Å². The van der Waals surface area contributed by atoms with Crippen molar-refractivity contribution in [2.45, 2.75) is 45.4 Å². The number of carbonyl (C=O) groups is 2. The van der Waals surface area contributed by atoms with Gasteiger partial charge in [0.1, 0.15) is 11.6 Å². The van der Waals surface area contributed by atoms with Gasteiger partial charge in [0.05, 0.1) is 15.6 Å². The van der Waals surface area contributed by atoms with Gasteiger partial charge >= 0.3 is 0 Å². The number of nitrogens with one attached hydrogen (secondary N) is 2. The second-order valence-corrected chi connectivity index (χ2v) is 10.9. The normalized spacial score (nSPS) is 20.4. The van der Waals surface area contributed by atoms with Crippen molar-refractivity contribution in [2.75, 3.05) is 31.5 Å². The molecule has 194 valence electrons. The Morgan fingerprint density at radius 2 is 1.78 bits per heavy atom. The fraction of sp³-hybridized carbons (Fsp3) is 0.444. The zero-order valence-corrected chi connectivity index (χ0v) is 22.1. The highest BCUT2D eigenvalue weighted by Gasteiger charge is 2.32. The minimum atomic E-state index is -0.0665. The van der Waals surface area contributed by atoms with Crippen molar-refractivity contribution >= 4 is 34.8 Å². The molecule has 0 atom stereocenters. The van der Waals surface area contributed by atoms with E-state index in [0.29, 0.717) is 32.1 Å². The van der Waals surface area contributed by atoms with Crippen LogP contribution in [0.1, 0.15) is 49.1 Å². The van der Waals surface area contributed by atoms with Crippen LogP contribution in [0.25, 0.3) is 10.6 Å². The molecule has 0 aromatic carbocycles. The monoisotopic (exact) mass is 519 g/mol. The van der Waals surface area contributed by atoms with Gasteiger partial charge in [-0.2, -0.15) is 0 Å². The topological polar surface area (TPSA) is 103 Å². The first-order chi connectivity index (χ1) is 17.9. The van der Waals surface area contributed by atoms with E-state index < -0.39 is 0 Å². The molecule has 1 aliphatic heterocycles. The standard InChI is InChI=1S/C27H33N7O2S/c1-18-10-11-28-25(16-18)31-24-5-3-4-22(30-24)23-17-29-26(37-23)20-6-8-21(9-7-20)27(36)33-12-14-34(15-13-33)32-19(2)35/h3-5,10-11,16-17,20-21H,6-9,12-15H2,1-2H3,(H,32,35)(H,28,30,31). The molecule has 3 aromatic rings. The number of aromatic nitrogens is 3. The van der Waals surface area contributed by atoms with Crippen LogP contribution in [0, 0.1) is 12.8 Å². The maximum Gasteiger partial charge on any atom is 0.231 e. The van der Waals surface area contributed by atoms with Crippen molar-refractivity contribution < 1.29 is 9.59 Å². The average molecular weight is 520 g/mol. The van der Waals surface area contributed by atoms with Crippen LogP contribution in [-0.4, -0.2) is 62.9 Å². The van der Waals surface area contributed by atoms with Gasteiger partial charge < -0.3 is 10.2 Å². The Balaban J connectivity index is 1.15. The summed E-state index contributed by atoms with van der Waals surface area (Å²) in [5, 5.41) is 6.31. The van der Waals surface area contributed by atoms with Crippen LogP contribution in [-0.2, 0) is 9.59 Å². The molecule has 10 heteroatoms. The third-order valence-corrected chi connectivity index (χ3v) is 8.21. The second-order valence-electron chi connectivity index (χ2n) is 9.84. The third-order valence-electron chi connectivity index (χ3n) is 7.03. The van der Waals surface area contributed by atoms with Gasteiger partial charge in [-0.15, -0.1) is 11.3 Å². The maximum atomic E-state index is 13.1. The first kappa shape index (κ1) is 25.3. The lowest BCUT2D eigenvalue weighted by Gasteiger charge is -2.37. The summed E-state index contributed by atoms with van der Waals surface area (Å²) in [5.74, 6) is 2.19. The number of nitrogens with zero attached hydrogens (tertiary/aromatic N) is 5. The van der Waals surface area contributed by atoms with Crippen LogP contribution < -0.4 is 10.7 Å². The van der Waals surface area contributed by atoms with Gasteiger partial charge in [0, 0.05) is 57.3 Å². The number of carbonyl (C=O) groups excluding carboxylic acids is 2. The van der Waals surface area contributed by atoms with E-state index in [1.165, 1.54) is 6.92 Å². The number of piperazine rings is 1. The molecule has 0 unspecified atom stereocenters. The molecule has 0 bridgehead atoms. The number of hydrazine groups is 1. The smallest absolute Gasteiger partial charge is 0.231 e. The highest BCUT2D eigenvalue weighted by atomic mass is 32.1. The van der Waals surface area contributed by atoms with Crippen molar-refractivity contribution in [3.05, 3.63) is 53.3 Å². The van der Waals surface area contributed by atoms with Crippen molar-refractivity contribution in [3.63, 3.8) is 0 Å². The first-order valence-corrected chi connectivity index (χ1v) is 13.7. The molecule has 0 radical (unpaired) electrons. The summed E-state index contributed by atoms with van der Waals surface area (Å²) in [6.07, 6.45) is 7.44. The van der Waals surface area contributed by atoms with E-state index in [1.807, 2.05) is 53.4 Å². The molecule has 1 saturated heterocycles. The number of hydrogen-bond acceptors (Lipinski definition) is 8. The molecule has 2 aliphatic rings. The predicted molar refractivity (Wildman–Crippen MR) is 144 cm³/mol. The lowest BCUT2D eigenvalue weighted by atomic mass is 9.81. The lowest BCUT2D eigenvalue weighted by Crippen LogP contribution is -2.55.